The van der Waals surface area contributed by atoms with Gasteiger partial charge in [-0.1, -0.05) is 18.2 Å². The molecule has 0 bridgehead atoms. The summed E-state index contributed by atoms with van der Waals surface area (Å²) in [5, 5.41) is 5.07. The van der Waals surface area contributed by atoms with Crippen molar-refractivity contribution >= 4 is 17.5 Å². The molecular weight excluding hydrogens is 311 g/mol. The Labute approximate surface area is 139 Å². The molecule has 0 saturated heterocycles. The number of amides is 2. The molecule has 0 heterocycles. The number of hydrogen-bond acceptors (Lipinski definition) is 3. The van der Waals surface area contributed by atoms with Crippen molar-refractivity contribution in [2.45, 2.75) is 20.0 Å². The Kier molecular flexibility index (Phi) is 5.89. The van der Waals surface area contributed by atoms with Crippen LogP contribution in [0.15, 0.2) is 48.5 Å². The average molecular weight is 330 g/mol. The number of benzene rings is 2. The standard InChI is InChI=1S/C18H19FN2O3/c1-12(24-15-6-4-3-5-7-15)11-20-18(23)14-8-9-16(19)17(10-14)21-13(2)22/h3-10,12H,11H2,1-2H3,(H,20,23)(H,21,22)/t12-/m0/s1. The second-order valence-corrected chi connectivity index (χ2v) is 5.33. The Hall–Kier alpha value is -2.89. The number of para-hydroxylation sites is 1. The topological polar surface area (TPSA) is 67.4 Å². The maximum Gasteiger partial charge on any atom is 0.251 e. The molecule has 0 spiro atoms. The summed E-state index contributed by atoms with van der Waals surface area (Å²) < 4.78 is 19.2. The van der Waals surface area contributed by atoms with Crippen molar-refractivity contribution in [3.63, 3.8) is 0 Å². The molecular formula is C18H19FN2O3. The van der Waals surface area contributed by atoms with E-state index >= 15 is 0 Å². The van der Waals surface area contributed by atoms with Crippen molar-refractivity contribution in [1.29, 1.82) is 0 Å². The van der Waals surface area contributed by atoms with Crippen LogP contribution < -0.4 is 15.4 Å². The van der Waals surface area contributed by atoms with Gasteiger partial charge in [-0.2, -0.15) is 0 Å². The Morgan fingerprint density at radius 1 is 1.17 bits per heavy atom. The van der Waals surface area contributed by atoms with Gasteiger partial charge in [0, 0.05) is 12.5 Å². The van der Waals surface area contributed by atoms with Crippen LogP contribution in [0.25, 0.3) is 0 Å². The van der Waals surface area contributed by atoms with E-state index in [0.717, 1.165) is 6.07 Å². The first-order valence-corrected chi connectivity index (χ1v) is 7.52. The van der Waals surface area contributed by atoms with E-state index in [4.69, 9.17) is 4.74 Å². The quantitative estimate of drug-likeness (QED) is 0.856. The van der Waals surface area contributed by atoms with Gasteiger partial charge in [-0.25, -0.2) is 4.39 Å². The SMILES string of the molecule is CC(=O)Nc1cc(C(=O)NC[C@H](C)Oc2ccccc2)ccc1F. The lowest BCUT2D eigenvalue weighted by molar-refractivity contribution is -0.114. The minimum absolute atomic E-state index is 0.0243. The van der Waals surface area contributed by atoms with Crippen molar-refractivity contribution in [1.82, 2.24) is 5.32 Å². The van der Waals surface area contributed by atoms with E-state index in [1.165, 1.54) is 19.1 Å². The fraction of sp³-hybridized carbons (Fsp3) is 0.222. The Bertz CT molecular complexity index is 719. The molecule has 0 aromatic heterocycles. The predicted molar refractivity (Wildman–Crippen MR) is 89.6 cm³/mol. The van der Waals surface area contributed by atoms with Crippen molar-refractivity contribution in [3.8, 4) is 5.75 Å². The van der Waals surface area contributed by atoms with Gasteiger partial charge in [-0.05, 0) is 37.3 Å². The largest absolute Gasteiger partial charge is 0.489 e. The summed E-state index contributed by atoms with van der Waals surface area (Å²) in [6.07, 6.45) is -0.230. The van der Waals surface area contributed by atoms with E-state index in [0.29, 0.717) is 12.3 Å². The van der Waals surface area contributed by atoms with Crippen LogP contribution in [0.4, 0.5) is 10.1 Å². The zero-order valence-corrected chi connectivity index (χ0v) is 13.5. The van der Waals surface area contributed by atoms with E-state index in [1.54, 1.807) is 0 Å². The molecule has 0 aliphatic carbocycles. The molecule has 0 saturated carbocycles. The average Bonchev–Trinajstić information content (AvgIpc) is 2.55. The van der Waals surface area contributed by atoms with Crippen LogP contribution in [0.5, 0.6) is 5.75 Å². The maximum atomic E-state index is 13.6. The van der Waals surface area contributed by atoms with Gasteiger partial charge in [0.1, 0.15) is 17.7 Å². The molecule has 1 atom stereocenters. The third-order valence-corrected chi connectivity index (χ3v) is 3.17. The van der Waals surface area contributed by atoms with Gasteiger partial charge < -0.3 is 15.4 Å². The number of halogens is 1. The first kappa shape index (κ1) is 17.5. The van der Waals surface area contributed by atoms with E-state index in [1.807, 2.05) is 37.3 Å². The third kappa shape index (κ3) is 5.08. The first-order valence-electron chi connectivity index (χ1n) is 7.52. The van der Waals surface area contributed by atoms with Gasteiger partial charge in [0.15, 0.2) is 0 Å². The zero-order valence-electron chi connectivity index (χ0n) is 13.5. The Morgan fingerprint density at radius 2 is 1.88 bits per heavy atom. The molecule has 0 aliphatic rings. The van der Waals surface area contributed by atoms with Crippen LogP contribution >= 0.6 is 0 Å². The maximum absolute atomic E-state index is 13.6. The minimum Gasteiger partial charge on any atom is -0.489 e. The van der Waals surface area contributed by atoms with Gasteiger partial charge >= 0.3 is 0 Å². The predicted octanol–water partition coefficient (Wildman–Crippen LogP) is 2.98. The molecule has 6 heteroatoms. The number of anilines is 1. The lowest BCUT2D eigenvalue weighted by atomic mass is 10.1. The smallest absolute Gasteiger partial charge is 0.251 e. The second kappa shape index (κ2) is 8.10. The van der Waals surface area contributed by atoms with Gasteiger partial charge in [0.05, 0.1) is 12.2 Å². The molecule has 2 rings (SSSR count). The molecule has 24 heavy (non-hydrogen) atoms. The molecule has 126 valence electrons. The fourth-order valence-electron chi connectivity index (χ4n) is 2.06. The van der Waals surface area contributed by atoms with Crippen LogP contribution in [0.1, 0.15) is 24.2 Å². The van der Waals surface area contributed by atoms with Gasteiger partial charge in [-0.15, -0.1) is 0 Å². The molecule has 0 unspecified atom stereocenters. The lowest BCUT2D eigenvalue weighted by Crippen LogP contribution is -2.33. The van der Waals surface area contributed by atoms with Crippen LogP contribution in [-0.2, 0) is 4.79 Å². The first-order chi connectivity index (χ1) is 11.5. The fourth-order valence-corrected chi connectivity index (χ4v) is 2.06. The third-order valence-electron chi connectivity index (χ3n) is 3.17. The number of hydrogen-bond donors (Lipinski definition) is 2. The molecule has 2 aromatic carbocycles. The highest BCUT2D eigenvalue weighted by atomic mass is 19.1. The van der Waals surface area contributed by atoms with Crippen LogP contribution in [0.2, 0.25) is 0 Å². The van der Waals surface area contributed by atoms with Gasteiger partial charge in [0.2, 0.25) is 5.91 Å². The summed E-state index contributed by atoms with van der Waals surface area (Å²) in [5.74, 6) is -0.655. The Balaban J connectivity index is 1.93. The van der Waals surface area contributed by atoms with Gasteiger partial charge in [0.25, 0.3) is 5.91 Å². The molecule has 2 amide bonds. The number of nitrogens with one attached hydrogen (secondary N) is 2. The molecule has 2 N–H and O–H groups in total. The minimum atomic E-state index is -0.595. The van der Waals surface area contributed by atoms with Crippen LogP contribution in [-0.4, -0.2) is 24.5 Å². The van der Waals surface area contributed by atoms with Crippen molar-refractivity contribution < 1.29 is 18.7 Å². The van der Waals surface area contributed by atoms with Crippen LogP contribution in [0, 0.1) is 5.82 Å². The summed E-state index contributed by atoms with van der Waals surface area (Å²) in [5.41, 5.74) is 0.232. The number of ether oxygens (including phenoxy) is 1. The van der Waals surface area contributed by atoms with Crippen LogP contribution in [0.3, 0.4) is 0 Å². The number of carbonyl (C=O) groups excluding carboxylic acids is 2. The van der Waals surface area contributed by atoms with Crippen molar-refractivity contribution in [2.24, 2.45) is 0 Å². The molecule has 0 aliphatic heterocycles. The van der Waals surface area contributed by atoms with E-state index in [9.17, 15) is 14.0 Å². The highest BCUT2D eigenvalue weighted by Gasteiger charge is 2.12. The Morgan fingerprint density at radius 3 is 2.54 bits per heavy atom. The van der Waals surface area contributed by atoms with Crippen molar-refractivity contribution in [2.75, 3.05) is 11.9 Å². The van der Waals surface area contributed by atoms with E-state index in [-0.39, 0.29) is 23.3 Å². The molecule has 0 fully saturated rings. The summed E-state index contributed by atoms with van der Waals surface area (Å²) in [4.78, 5) is 23.2. The summed E-state index contributed by atoms with van der Waals surface area (Å²) in [7, 11) is 0. The number of carbonyl (C=O) groups is 2. The second-order valence-electron chi connectivity index (χ2n) is 5.33. The number of rotatable bonds is 6. The van der Waals surface area contributed by atoms with E-state index < -0.39 is 11.7 Å². The highest BCUT2D eigenvalue weighted by Crippen LogP contribution is 2.16. The van der Waals surface area contributed by atoms with Gasteiger partial charge in [-0.3, -0.25) is 9.59 Å². The summed E-state index contributed by atoms with van der Waals surface area (Å²) >= 11 is 0. The monoisotopic (exact) mass is 330 g/mol. The van der Waals surface area contributed by atoms with E-state index in [2.05, 4.69) is 10.6 Å². The lowest BCUT2D eigenvalue weighted by Gasteiger charge is -2.15. The molecule has 5 nitrogen and oxygen atoms in total. The summed E-state index contributed by atoms with van der Waals surface area (Å²) in [6, 6.07) is 13.1. The van der Waals surface area contributed by atoms with Crippen molar-refractivity contribution in [3.05, 3.63) is 59.9 Å². The normalized spacial score (nSPS) is 11.5. The molecule has 0 radical (unpaired) electrons. The summed E-state index contributed by atoms with van der Waals surface area (Å²) in [6.45, 7) is 3.40. The zero-order chi connectivity index (χ0) is 17.5. The highest BCUT2D eigenvalue weighted by molar-refractivity contribution is 5.96. The molecule has 2 aromatic rings.